The van der Waals surface area contributed by atoms with Crippen molar-refractivity contribution < 1.29 is 57.4 Å². The molecule has 0 aromatic heterocycles. The van der Waals surface area contributed by atoms with Gasteiger partial charge in [-0.05, 0) is 144 Å². The van der Waals surface area contributed by atoms with E-state index in [4.69, 9.17) is 14.2 Å². The molecule has 5 N–H and O–H groups in total. The van der Waals surface area contributed by atoms with E-state index in [1.807, 2.05) is 76.8 Å². The number of esters is 3. The van der Waals surface area contributed by atoms with E-state index < -0.39 is 46.9 Å². The largest absolute Gasteiger partial charge is 0.460 e. The number of ketones is 2. The van der Waals surface area contributed by atoms with Crippen LogP contribution in [-0.2, 0) is 59.0 Å². The predicted octanol–water partition coefficient (Wildman–Crippen LogP) is 5.21. The highest BCUT2D eigenvalue weighted by atomic mass is 16.6. The number of carbonyl (C=O) groups is 9. The van der Waals surface area contributed by atoms with E-state index in [1.54, 1.807) is 55.4 Å². The lowest BCUT2D eigenvalue weighted by atomic mass is 9.81. The topological polar surface area (TPSA) is 254 Å². The third kappa shape index (κ3) is 31.8. The van der Waals surface area contributed by atoms with Gasteiger partial charge in [0.2, 0.25) is 17.7 Å². The normalized spacial score (nSPS) is 18.8. The number of rotatable bonds is 26. The number of carbonyl (C=O) groups excluding carboxylic acids is 9. The molecule has 0 radical (unpaired) electrons. The summed E-state index contributed by atoms with van der Waals surface area (Å²) in [6.07, 6.45) is 4.68. The first-order valence-electron chi connectivity index (χ1n) is 30.1. The van der Waals surface area contributed by atoms with Crippen LogP contribution in [0.5, 0.6) is 0 Å². The molecule has 2 aliphatic rings. The molecule has 3 rings (SSSR count). The van der Waals surface area contributed by atoms with Gasteiger partial charge in [0.15, 0.2) is 0 Å². The summed E-state index contributed by atoms with van der Waals surface area (Å²) in [5.41, 5.74) is -1.63. The summed E-state index contributed by atoms with van der Waals surface area (Å²) < 4.78 is 16.6. The standard InChI is InChI=1S/C62H105N9O12/c1-44(72)40-68-30-31-69(41-45(2)73)33-36-71(43-54(76)82-61(9,10)11)37-35-70(34-32-68)42-52(74)64-39-47-23-25-48(26-24-47)55(77)65-50(38-46-20-16-15-17-21-46)56(78)63-29-19-18-22-51(59(3,4)5)67-58(80)66-49(57(79)83-62(12,13)14)27-28-53(75)81-60(6,7)8/h15-17,20-21,47-51H,18-19,22-43H2,1-14H3,(H,63,78)(H,64,74)(H,65,77)(H2,66,67,80)/t47?,48?,49-,50-,51-/m0/s1. The lowest BCUT2D eigenvalue weighted by Gasteiger charge is -2.34. The molecule has 5 amide bonds. The molecule has 3 atom stereocenters. The number of benzene rings is 1. The van der Waals surface area contributed by atoms with E-state index in [1.165, 1.54) is 0 Å². The van der Waals surface area contributed by atoms with E-state index in [-0.39, 0.29) is 97.6 Å². The van der Waals surface area contributed by atoms with Crippen LogP contribution in [0.15, 0.2) is 30.3 Å². The number of hydrogen-bond acceptors (Lipinski definition) is 16. The molecule has 1 aromatic carbocycles. The second-order valence-electron chi connectivity index (χ2n) is 26.9. The molecule has 0 unspecified atom stereocenters. The molecule has 1 heterocycles. The van der Waals surface area contributed by atoms with Gasteiger partial charge in [-0.25, -0.2) is 9.59 Å². The third-order valence-electron chi connectivity index (χ3n) is 14.3. The highest BCUT2D eigenvalue weighted by molar-refractivity contribution is 5.89. The van der Waals surface area contributed by atoms with E-state index in [2.05, 4.69) is 41.3 Å². The number of urea groups is 1. The van der Waals surface area contributed by atoms with Crippen LogP contribution >= 0.6 is 0 Å². The maximum absolute atomic E-state index is 13.9. The summed E-state index contributed by atoms with van der Waals surface area (Å²) >= 11 is 0. The summed E-state index contributed by atoms with van der Waals surface area (Å²) in [7, 11) is 0. The minimum Gasteiger partial charge on any atom is -0.460 e. The summed E-state index contributed by atoms with van der Waals surface area (Å²) in [5, 5.41) is 15.0. The van der Waals surface area contributed by atoms with Gasteiger partial charge in [-0.15, -0.1) is 0 Å². The molecule has 21 nitrogen and oxygen atoms in total. The SMILES string of the molecule is CC(=O)CN1CCN(CC(C)=O)CCN(CC(=O)OC(C)(C)C)CCN(CC(=O)NCC2CCC(C(=O)N[C@@H](Cc3ccccc3)C(=O)NCCCC[C@H](NC(=O)N[C@@H](CCC(=O)OC(C)(C)C)C(=O)OC(C)(C)C)C(C)(C)C)CC2)CC1. The van der Waals surface area contributed by atoms with Crippen LogP contribution in [0.1, 0.15) is 160 Å². The molecule has 83 heavy (non-hydrogen) atoms. The van der Waals surface area contributed by atoms with Crippen molar-refractivity contribution in [3.8, 4) is 0 Å². The molecule has 0 spiro atoms. The zero-order chi connectivity index (χ0) is 62.1. The van der Waals surface area contributed by atoms with E-state index in [0.29, 0.717) is 104 Å². The number of nitrogens with one attached hydrogen (secondary N) is 5. The van der Waals surface area contributed by atoms with Crippen LogP contribution in [0, 0.1) is 17.3 Å². The first-order chi connectivity index (χ1) is 38.6. The zero-order valence-electron chi connectivity index (χ0n) is 52.9. The third-order valence-corrected chi connectivity index (χ3v) is 14.3. The Bertz CT molecular complexity index is 2250. The first-order valence-corrected chi connectivity index (χ1v) is 30.1. The maximum atomic E-state index is 13.9. The van der Waals surface area contributed by atoms with Crippen LogP contribution in [0.3, 0.4) is 0 Å². The predicted molar refractivity (Wildman–Crippen MR) is 320 cm³/mol. The summed E-state index contributed by atoms with van der Waals surface area (Å²) in [6, 6.07) is 6.75. The quantitative estimate of drug-likeness (QED) is 0.0453. The van der Waals surface area contributed by atoms with Crippen molar-refractivity contribution in [1.29, 1.82) is 0 Å². The van der Waals surface area contributed by atoms with Gasteiger partial charge in [-0.3, -0.25) is 53.2 Å². The highest BCUT2D eigenvalue weighted by Crippen LogP contribution is 2.29. The van der Waals surface area contributed by atoms with Crippen molar-refractivity contribution in [1.82, 2.24) is 46.2 Å². The average Bonchev–Trinajstić information content (AvgIpc) is 3.35. The monoisotopic (exact) mass is 1170 g/mol. The number of amides is 5. The van der Waals surface area contributed by atoms with Crippen molar-refractivity contribution in [3.05, 3.63) is 35.9 Å². The van der Waals surface area contributed by atoms with E-state index >= 15 is 0 Å². The van der Waals surface area contributed by atoms with Crippen molar-refractivity contribution in [2.24, 2.45) is 17.3 Å². The van der Waals surface area contributed by atoms with E-state index in [0.717, 1.165) is 18.4 Å². The summed E-state index contributed by atoms with van der Waals surface area (Å²) in [5.74, 6) is -2.17. The molecular formula is C62H105N9O12. The van der Waals surface area contributed by atoms with Crippen molar-refractivity contribution >= 4 is 53.2 Å². The second kappa shape index (κ2) is 34.4. The van der Waals surface area contributed by atoms with Crippen LogP contribution in [0.25, 0.3) is 0 Å². The number of nitrogens with zero attached hydrogens (tertiary/aromatic N) is 4. The van der Waals surface area contributed by atoms with Gasteiger partial charge in [0.1, 0.15) is 40.5 Å². The van der Waals surface area contributed by atoms with Gasteiger partial charge in [-0.2, -0.15) is 0 Å². The zero-order valence-corrected chi connectivity index (χ0v) is 52.9. The van der Waals surface area contributed by atoms with E-state index in [9.17, 15) is 43.2 Å². The smallest absolute Gasteiger partial charge is 0.329 e. The Labute approximate surface area is 495 Å². The lowest BCUT2D eigenvalue weighted by molar-refractivity contribution is -0.159. The molecule has 1 saturated heterocycles. The maximum Gasteiger partial charge on any atom is 0.329 e. The molecule has 1 aromatic rings. The minimum atomic E-state index is -1.09. The Kier molecular flexibility index (Phi) is 29.8. The van der Waals surface area contributed by atoms with Crippen LogP contribution in [-0.4, -0.2) is 199 Å². The van der Waals surface area contributed by atoms with Gasteiger partial charge < -0.3 is 40.8 Å². The number of unbranched alkanes of at least 4 members (excludes halogenated alkanes) is 1. The lowest BCUT2D eigenvalue weighted by Crippen LogP contribution is -2.53. The Morgan fingerprint density at radius 2 is 1.04 bits per heavy atom. The molecule has 21 heteroatoms. The molecule has 0 bridgehead atoms. The van der Waals surface area contributed by atoms with Gasteiger partial charge >= 0.3 is 23.9 Å². The Balaban J connectivity index is 1.57. The Hall–Kier alpha value is -5.51. The first kappa shape index (κ1) is 71.8. The van der Waals surface area contributed by atoms with Crippen molar-refractivity contribution in [2.45, 2.75) is 196 Å². The van der Waals surface area contributed by atoms with Gasteiger partial charge in [-0.1, -0.05) is 51.1 Å². The molecular weight excluding hydrogens is 1060 g/mol. The van der Waals surface area contributed by atoms with Gasteiger partial charge in [0.25, 0.3) is 0 Å². The molecule has 2 fully saturated rings. The molecule has 1 aliphatic carbocycles. The highest BCUT2D eigenvalue weighted by Gasteiger charge is 2.33. The summed E-state index contributed by atoms with van der Waals surface area (Å²) in [4.78, 5) is 126. The number of ether oxygens (including phenoxy) is 3. The summed E-state index contributed by atoms with van der Waals surface area (Å²) in [6.45, 7) is 30.8. The van der Waals surface area contributed by atoms with Crippen molar-refractivity contribution in [2.75, 3.05) is 91.6 Å². The molecule has 470 valence electrons. The second-order valence-corrected chi connectivity index (χ2v) is 26.9. The number of hydrogen-bond donors (Lipinski definition) is 5. The van der Waals surface area contributed by atoms with Crippen molar-refractivity contribution in [3.63, 3.8) is 0 Å². The molecule has 1 saturated carbocycles. The Morgan fingerprint density at radius 3 is 1.53 bits per heavy atom. The average molecular weight is 1170 g/mol. The van der Waals surface area contributed by atoms with Gasteiger partial charge in [0.05, 0.1) is 26.2 Å². The fourth-order valence-corrected chi connectivity index (χ4v) is 10.1. The Morgan fingerprint density at radius 1 is 0.542 bits per heavy atom. The van der Waals surface area contributed by atoms with Crippen LogP contribution in [0.2, 0.25) is 0 Å². The molecule has 1 aliphatic heterocycles. The fourth-order valence-electron chi connectivity index (χ4n) is 10.1. The minimum absolute atomic E-state index is 0.00636. The van der Waals surface area contributed by atoms with Crippen LogP contribution in [0.4, 0.5) is 4.79 Å². The number of Topliss-reactive ketones (excluding diaryl/α,β-unsaturated/α-hetero) is 2. The van der Waals surface area contributed by atoms with Crippen LogP contribution < -0.4 is 26.6 Å². The van der Waals surface area contributed by atoms with Gasteiger partial charge in [0, 0.05) is 90.2 Å². The fraction of sp³-hybridized carbons (Fsp3) is 0.758.